The van der Waals surface area contributed by atoms with Gasteiger partial charge >= 0.3 is 5.97 Å². The minimum absolute atomic E-state index is 0.208. The Morgan fingerprint density at radius 2 is 1.69 bits per heavy atom. The van der Waals surface area contributed by atoms with Crippen LogP contribution in [0.2, 0.25) is 0 Å². The van der Waals surface area contributed by atoms with Gasteiger partial charge in [0.1, 0.15) is 13.2 Å². The molecule has 0 saturated carbocycles. The smallest absolute Gasteiger partial charge is 0.329 e. The highest BCUT2D eigenvalue weighted by atomic mass is 16.5. The quantitative estimate of drug-likeness (QED) is 0.665. The number of aliphatic carboxylic acids is 1. The molecular formula is C11H26NO4+. The number of ether oxygens (including phenoxy) is 2. The molecule has 0 fully saturated rings. The molecule has 0 aromatic carbocycles. The molecule has 5 nitrogen and oxygen atoms in total. The molecule has 1 N–H and O–H groups in total. The maximum atomic E-state index is 9.47. The largest absolute Gasteiger partial charge is 0.480 e. The van der Waals surface area contributed by atoms with Gasteiger partial charge in [0.15, 0.2) is 0 Å². The van der Waals surface area contributed by atoms with Gasteiger partial charge in [-0.15, -0.1) is 0 Å². The average Bonchev–Trinajstić information content (AvgIpc) is 2.26. The van der Waals surface area contributed by atoms with Crippen LogP contribution in [0.4, 0.5) is 0 Å². The van der Waals surface area contributed by atoms with Crippen LogP contribution in [0.3, 0.4) is 0 Å². The fraction of sp³-hybridized carbons (Fsp3) is 0.909. The summed E-state index contributed by atoms with van der Waals surface area (Å²) >= 11 is 0. The molecule has 0 amide bonds. The van der Waals surface area contributed by atoms with Crippen molar-refractivity contribution in [2.45, 2.75) is 13.8 Å². The molecule has 0 bridgehead atoms. The number of carboxylic acid groups (broad SMARTS) is 1. The lowest BCUT2D eigenvalue weighted by Gasteiger charge is -2.31. The summed E-state index contributed by atoms with van der Waals surface area (Å²) in [6, 6.07) is 0. The highest BCUT2D eigenvalue weighted by Crippen LogP contribution is 1.99. The first-order valence-corrected chi connectivity index (χ1v) is 5.49. The van der Waals surface area contributed by atoms with Gasteiger partial charge in [-0.2, -0.15) is 0 Å². The van der Waals surface area contributed by atoms with Crippen LogP contribution < -0.4 is 0 Å². The number of likely N-dealkylation sites (N-methyl/N-ethyl adjacent to an activating group) is 1. The molecule has 0 rings (SSSR count). The molecule has 0 saturated heterocycles. The Labute approximate surface area is 98.5 Å². The molecular weight excluding hydrogens is 210 g/mol. The molecule has 0 aliphatic rings. The van der Waals surface area contributed by atoms with Gasteiger partial charge in [0, 0.05) is 14.2 Å². The minimum Gasteiger partial charge on any atom is -0.480 e. The van der Waals surface area contributed by atoms with Crippen molar-refractivity contribution in [3.63, 3.8) is 0 Å². The standard InChI is InChI=1S/C8H20NO.C3H6O3/c1-5-9(3,6-2)7-8-10-4;1-6-2-3(4)5/h5-8H2,1-4H3;2H2,1H3,(H,4,5)/q+1;. The zero-order valence-corrected chi connectivity index (χ0v) is 11.2. The SMILES string of the molecule is CC[N+](C)(CC)CCOC.COCC(=O)O. The Morgan fingerprint density at radius 3 is 1.88 bits per heavy atom. The maximum absolute atomic E-state index is 9.47. The molecule has 16 heavy (non-hydrogen) atoms. The summed E-state index contributed by atoms with van der Waals surface area (Å²) in [4.78, 5) is 9.47. The molecule has 0 radical (unpaired) electrons. The van der Waals surface area contributed by atoms with E-state index in [2.05, 4.69) is 25.6 Å². The van der Waals surface area contributed by atoms with Crippen molar-refractivity contribution in [3.05, 3.63) is 0 Å². The number of hydrogen-bond acceptors (Lipinski definition) is 3. The van der Waals surface area contributed by atoms with Crippen LogP contribution in [-0.2, 0) is 14.3 Å². The summed E-state index contributed by atoms with van der Waals surface area (Å²) < 4.78 is 10.3. The number of quaternary nitrogens is 1. The second-order valence-electron chi connectivity index (χ2n) is 3.80. The molecule has 98 valence electrons. The van der Waals surface area contributed by atoms with Gasteiger partial charge in [-0.25, -0.2) is 4.79 Å². The first-order chi connectivity index (χ1) is 7.45. The summed E-state index contributed by atoms with van der Waals surface area (Å²) in [7, 11) is 5.36. The van der Waals surface area contributed by atoms with Gasteiger partial charge in [-0.1, -0.05) is 0 Å². The van der Waals surface area contributed by atoms with E-state index in [1.807, 2.05) is 0 Å². The summed E-state index contributed by atoms with van der Waals surface area (Å²) in [5.41, 5.74) is 0. The van der Waals surface area contributed by atoms with Crippen molar-refractivity contribution in [3.8, 4) is 0 Å². The minimum atomic E-state index is -0.933. The monoisotopic (exact) mass is 236 g/mol. The van der Waals surface area contributed by atoms with Crippen molar-refractivity contribution in [2.75, 3.05) is 54.1 Å². The molecule has 0 aromatic heterocycles. The zero-order chi connectivity index (χ0) is 13.0. The Morgan fingerprint density at radius 1 is 1.19 bits per heavy atom. The predicted octanol–water partition coefficient (Wildman–Crippen LogP) is 0.837. The number of methoxy groups -OCH3 is 2. The summed E-state index contributed by atoms with van der Waals surface area (Å²) in [6.45, 7) is 8.62. The summed E-state index contributed by atoms with van der Waals surface area (Å²) in [5, 5.41) is 7.79. The highest BCUT2D eigenvalue weighted by molar-refractivity contribution is 5.67. The van der Waals surface area contributed by atoms with Crippen molar-refractivity contribution >= 4 is 5.97 Å². The number of carboxylic acids is 1. The zero-order valence-electron chi connectivity index (χ0n) is 11.2. The van der Waals surface area contributed by atoms with E-state index in [1.54, 1.807) is 7.11 Å². The second-order valence-corrected chi connectivity index (χ2v) is 3.80. The number of rotatable bonds is 7. The van der Waals surface area contributed by atoms with Gasteiger partial charge in [0.2, 0.25) is 0 Å². The van der Waals surface area contributed by atoms with Gasteiger partial charge in [0.25, 0.3) is 0 Å². The van der Waals surface area contributed by atoms with E-state index in [-0.39, 0.29) is 6.61 Å². The fourth-order valence-corrected chi connectivity index (χ4v) is 0.975. The Bertz CT molecular complexity index is 169. The molecule has 5 heteroatoms. The van der Waals surface area contributed by atoms with Crippen LogP contribution in [0.25, 0.3) is 0 Å². The van der Waals surface area contributed by atoms with Crippen molar-refractivity contribution in [2.24, 2.45) is 0 Å². The number of carbonyl (C=O) groups is 1. The van der Waals surface area contributed by atoms with E-state index in [9.17, 15) is 4.79 Å². The van der Waals surface area contributed by atoms with Crippen molar-refractivity contribution < 1.29 is 23.9 Å². The van der Waals surface area contributed by atoms with E-state index in [0.717, 1.165) is 17.6 Å². The summed E-state index contributed by atoms with van der Waals surface area (Å²) in [5.74, 6) is -0.933. The molecule has 0 atom stereocenters. The third-order valence-electron chi connectivity index (χ3n) is 2.63. The normalized spacial score (nSPS) is 10.6. The third-order valence-corrected chi connectivity index (χ3v) is 2.63. The first kappa shape index (κ1) is 17.7. The highest BCUT2D eigenvalue weighted by Gasteiger charge is 2.14. The lowest BCUT2D eigenvalue weighted by atomic mass is 10.4. The van der Waals surface area contributed by atoms with Gasteiger partial charge in [-0.05, 0) is 13.8 Å². The summed E-state index contributed by atoms with van der Waals surface area (Å²) in [6.07, 6.45) is 0. The molecule has 0 spiro atoms. The second kappa shape index (κ2) is 10.9. The third kappa shape index (κ3) is 11.4. The molecule has 0 aliphatic carbocycles. The van der Waals surface area contributed by atoms with Crippen LogP contribution in [0.15, 0.2) is 0 Å². The topological polar surface area (TPSA) is 55.8 Å². The molecule has 0 heterocycles. The van der Waals surface area contributed by atoms with Crippen LogP contribution >= 0.6 is 0 Å². The van der Waals surface area contributed by atoms with Crippen molar-refractivity contribution in [1.29, 1.82) is 0 Å². The van der Waals surface area contributed by atoms with Gasteiger partial charge < -0.3 is 19.1 Å². The number of hydrogen-bond donors (Lipinski definition) is 1. The predicted molar refractivity (Wildman–Crippen MR) is 63.5 cm³/mol. The average molecular weight is 236 g/mol. The molecule has 0 aromatic rings. The maximum Gasteiger partial charge on any atom is 0.329 e. The van der Waals surface area contributed by atoms with Crippen LogP contribution in [-0.4, -0.2) is 69.7 Å². The van der Waals surface area contributed by atoms with E-state index < -0.39 is 5.97 Å². The van der Waals surface area contributed by atoms with Gasteiger partial charge in [-0.3, -0.25) is 0 Å². The molecule has 0 unspecified atom stereocenters. The van der Waals surface area contributed by atoms with Crippen molar-refractivity contribution in [1.82, 2.24) is 0 Å². The Hall–Kier alpha value is -0.650. The van der Waals surface area contributed by atoms with E-state index in [0.29, 0.717) is 0 Å². The lowest BCUT2D eigenvalue weighted by Crippen LogP contribution is -2.45. The molecule has 0 aliphatic heterocycles. The fourth-order valence-electron chi connectivity index (χ4n) is 0.975. The van der Waals surface area contributed by atoms with E-state index in [4.69, 9.17) is 9.84 Å². The number of nitrogens with zero attached hydrogens (tertiary/aromatic N) is 1. The van der Waals surface area contributed by atoms with Crippen LogP contribution in [0.5, 0.6) is 0 Å². The van der Waals surface area contributed by atoms with Crippen LogP contribution in [0.1, 0.15) is 13.8 Å². The van der Waals surface area contributed by atoms with Crippen LogP contribution in [0, 0.1) is 0 Å². The first-order valence-electron chi connectivity index (χ1n) is 5.49. The Kier molecular flexibility index (Phi) is 12.0. The van der Waals surface area contributed by atoms with E-state index >= 15 is 0 Å². The Balaban J connectivity index is 0. The van der Waals surface area contributed by atoms with Gasteiger partial charge in [0.05, 0.1) is 26.7 Å². The lowest BCUT2D eigenvalue weighted by molar-refractivity contribution is -0.906. The van der Waals surface area contributed by atoms with E-state index in [1.165, 1.54) is 20.2 Å².